The van der Waals surface area contributed by atoms with Crippen LogP contribution >= 0.6 is 0 Å². The largest absolute Gasteiger partial charge is 0.454 e. The molecular formula is C15H20N2O3. The zero-order valence-corrected chi connectivity index (χ0v) is 11.9. The molecule has 0 bridgehead atoms. The summed E-state index contributed by atoms with van der Waals surface area (Å²) in [5.74, 6) is 1.57. The standard InChI is InChI=1S/C15H20N2O3/c1-15(2,9-16-14(18)17-6-3-7-17)11-4-5-12-13(8-11)20-10-19-12/h4-5,8H,3,6-7,9-10H2,1-2H3,(H,16,18). The molecule has 0 radical (unpaired) electrons. The van der Waals surface area contributed by atoms with E-state index in [1.54, 1.807) is 0 Å². The predicted molar refractivity (Wildman–Crippen MR) is 75.2 cm³/mol. The molecule has 1 aromatic rings. The maximum absolute atomic E-state index is 11.9. The highest BCUT2D eigenvalue weighted by Gasteiger charge is 2.26. The van der Waals surface area contributed by atoms with Crippen molar-refractivity contribution in [1.29, 1.82) is 0 Å². The molecule has 0 unspecified atom stereocenters. The quantitative estimate of drug-likeness (QED) is 0.920. The van der Waals surface area contributed by atoms with E-state index in [0.717, 1.165) is 36.6 Å². The first-order valence-corrected chi connectivity index (χ1v) is 6.99. The summed E-state index contributed by atoms with van der Waals surface area (Å²) in [5, 5.41) is 3.01. The van der Waals surface area contributed by atoms with Crippen LogP contribution in [0.2, 0.25) is 0 Å². The highest BCUT2D eigenvalue weighted by atomic mass is 16.7. The van der Waals surface area contributed by atoms with Gasteiger partial charge in [0, 0.05) is 25.0 Å². The van der Waals surface area contributed by atoms with Crippen LogP contribution in [0.3, 0.4) is 0 Å². The van der Waals surface area contributed by atoms with E-state index in [0.29, 0.717) is 6.54 Å². The molecule has 0 aromatic heterocycles. The van der Waals surface area contributed by atoms with Crippen LogP contribution in [0.5, 0.6) is 11.5 Å². The van der Waals surface area contributed by atoms with E-state index in [-0.39, 0.29) is 18.2 Å². The molecule has 5 nitrogen and oxygen atoms in total. The fourth-order valence-electron chi connectivity index (χ4n) is 2.35. The van der Waals surface area contributed by atoms with Crippen molar-refractivity contribution in [2.24, 2.45) is 0 Å². The van der Waals surface area contributed by atoms with Gasteiger partial charge in [0.15, 0.2) is 11.5 Å². The molecule has 20 heavy (non-hydrogen) atoms. The molecule has 0 aliphatic carbocycles. The number of hydrogen-bond acceptors (Lipinski definition) is 3. The minimum Gasteiger partial charge on any atom is -0.454 e. The van der Waals surface area contributed by atoms with Crippen molar-refractivity contribution in [3.8, 4) is 11.5 Å². The summed E-state index contributed by atoms with van der Waals surface area (Å²) in [6, 6.07) is 5.99. The van der Waals surface area contributed by atoms with Gasteiger partial charge in [-0.2, -0.15) is 0 Å². The normalized spacial score (nSPS) is 16.8. The fraction of sp³-hybridized carbons (Fsp3) is 0.533. The summed E-state index contributed by atoms with van der Waals surface area (Å²) in [7, 11) is 0. The lowest BCUT2D eigenvalue weighted by molar-refractivity contribution is 0.165. The zero-order valence-electron chi connectivity index (χ0n) is 11.9. The van der Waals surface area contributed by atoms with Gasteiger partial charge in [0.05, 0.1) is 0 Å². The van der Waals surface area contributed by atoms with E-state index in [1.165, 1.54) is 0 Å². The zero-order chi connectivity index (χ0) is 14.2. The van der Waals surface area contributed by atoms with Gasteiger partial charge in [-0.3, -0.25) is 0 Å². The number of rotatable bonds is 3. The van der Waals surface area contributed by atoms with Crippen LogP contribution in [0, 0.1) is 0 Å². The van der Waals surface area contributed by atoms with Crippen molar-refractivity contribution in [2.75, 3.05) is 26.4 Å². The second kappa shape index (κ2) is 4.89. The first kappa shape index (κ1) is 13.1. The molecule has 0 atom stereocenters. The monoisotopic (exact) mass is 276 g/mol. The Balaban J connectivity index is 1.66. The molecule has 2 amide bonds. The third-order valence-corrected chi connectivity index (χ3v) is 3.98. The molecule has 108 valence electrons. The van der Waals surface area contributed by atoms with E-state index in [9.17, 15) is 4.79 Å². The SMILES string of the molecule is CC(C)(CNC(=O)N1CCC1)c1ccc2c(c1)OCO2. The summed E-state index contributed by atoms with van der Waals surface area (Å²) in [6.07, 6.45) is 1.11. The molecule has 1 saturated heterocycles. The van der Waals surface area contributed by atoms with E-state index < -0.39 is 0 Å². The average Bonchev–Trinajstić information content (AvgIpc) is 2.81. The van der Waals surface area contributed by atoms with Crippen LogP contribution in [-0.2, 0) is 5.41 Å². The van der Waals surface area contributed by atoms with Crippen molar-refractivity contribution >= 4 is 6.03 Å². The topological polar surface area (TPSA) is 50.8 Å². The van der Waals surface area contributed by atoms with Gasteiger partial charge in [-0.05, 0) is 24.1 Å². The van der Waals surface area contributed by atoms with Crippen molar-refractivity contribution in [3.05, 3.63) is 23.8 Å². The second-order valence-electron chi connectivity index (χ2n) is 5.95. The highest BCUT2D eigenvalue weighted by molar-refractivity contribution is 5.75. The van der Waals surface area contributed by atoms with E-state index in [2.05, 4.69) is 19.2 Å². The Morgan fingerprint density at radius 1 is 1.30 bits per heavy atom. The van der Waals surface area contributed by atoms with Crippen molar-refractivity contribution in [1.82, 2.24) is 10.2 Å². The number of ether oxygens (including phenoxy) is 2. The summed E-state index contributed by atoms with van der Waals surface area (Å²) in [4.78, 5) is 13.7. The van der Waals surface area contributed by atoms with Crippen molar-refractivity contribution in [2.45, 2.75) is 25.7 Å². The number of benzene rings is 1. The summed E-state index contributed by atoms with van der Waals surface area (Å²) < 4.78 is 10.7. The summed E-state index contributed by atoms with van der Waals surface area (Å²) in [6.45, 7) is 6.85. The second-order valence-corrected chi connectivity index (χ2v) is 5.95. The maximum atomic E-state index is 11.9. The molecule has 3 rings (SSSR count). The fourth-order valence-corrected chi connectivity index (χ4v) is 2.35. The Morgan fingerprint density at radius 3 is 2.75 bits per heavy atom. The van der Waals surface area contributed by atoms with E-state index in [1.807, 2.05) is 23.1 Å². The van der Waals surface area contributed by atoms with E-state index in [4.69, 9.17) is 9.47 Å². The van der Waals surface area contributed by atoms with Crippen LogP contribution in [-0.4, -0.2) is 37.4 Å². The van der Waals surface area contributed by atoms with Crippen molar-refractivity contribution < 1.29 is 14.3 Å². The molecule has 1 N–H and O–H groups in total. The lowest BCUT2D eigenvalue weighted by Crippen LogP contribution is -2.50. The first-order chi connectivity index (χ1) is 9.56. The van der Waals surface area contributed by atoms with Gasteiger partial charge < -0.3 is 19.7 Å². The predicted octanol–water partition coefficient (Wildman–Crippen LogP) is 2.11. The third-order valence-electron chi connectivity index (χ3n) is 3.98. The van der Waals surface area contributed by atoms with Gasteiger partial charge in [-0.1, -0.05) is 19.9 Å². The number of hydrogen-bond donors (Lipinski definition) is 1. The number of nitrogens with one attached hydrogen (secondary N) is 1. The number of nitrogens with zero attached hydrogens (tertiary/aromatic N) is 1. The molecule has 0 saturated carbocycles. The molecule has 1 aromatic carbocycles. The highest BCUT2D eigenvalue weighted by Crippen LogP contribution is 2.36. The molecule has 2 aliphatic rings. The average molecular weight is 276 g/mol. The van der Waals surface area contributed by atoms with E-state index >= 15 is 0 Å². The van der Waals surface area contributed by atoms with Gasteiger partial charge in [0.25, 0.3) is 0 Å². The number of carbonyl (C=O) groups excluding carboxylic acids is 1. The third kappa shape index (κ3) is 2.40. The van der Waals surface area contributed by atoms with Gasteiger partial charge in [0.2, 0.25) is 6.79 Å². The lowest BCUT2D eigenvalue weighted by Gasteiger charge is -2.33. The Labute approximate surface area is 118 Å². The van der Waals surface area contributed by atoms with Gasteiger partial charge in [-0.15, -0.1) is 0 Å². The Bertz CT molecular complexity index is 524. The van der Waals surface area contributed by atoms with Crippen LogP contribution < -0.4 is 14.8 Å². The Morgan fingerprint density at radius 2 is 2.05 bits per heavy atom. The summed E-state index contributed by atoms with van der Waals surface area (Å²) >= 11 is 0. The first-order valence-electron chi connectivity index (χ1n) is 6.99. The van der Waals surface area contributed by atoms with Crippen LogP contribution in [0.1, 0.15) is 25.8 Å². The Hall–Kier alpha value is -1.91. The minimum atomic E-state index is -0.151. The number of urea groups is 1. The number of amides is 2. The molecule has 2 aliphatic heterocycles. The molecule has 0 spiro atoms. The smallest absolute Gasteiger partial charge is 0.317 e. The van der Waals surface area contributed by atoms with Crippen molar-refractivity contribution in [3.63, 3.8) is 0 Å². The number of fused-ring (bicyclic) bond motifs is 1. The molecule has 1 fully saturated rings. The Kier molecular flexibility index (Phi) is 3.20. The molecule has 5 heteroatoms. The lowest BCUT2D eigenvalue weighted by atomic mass is 9.84. The summed E-state index contributed by atoms with van der Waals surface area (Å²) in [5.41, 5.74) is 0.979. The van der Waals surface area contributed by atoms with Gasteiger partial charge >= 0.3 is 6.03 Å². The molecular weight excluding hydrogens is 256 g/mol. The van der Waals surface area contributed by atoms with Crippen LogP contribution in [0.15, 0.2) is 18.2 Å². The number of likely N-dealkylation sites (tertiary alicyclic amines) is 1. The van der Waals surface area contributed by atoms with Gasteiger partial charge in [-0.25, -0.2) is 4.79 Å². The minimum absolute atomic E-state index is 0.0325. The van der Waals surface area contributed by atoms with Crippen LogP contribution in [0.25, 0.3) is 0 Å². The molecule has 2 heterocycles. The number of carbonyl (C=O) groups is 1. The maximum Gasteiger partial charge on any atom is 0.317 e. The van der Waals surface area contributed by atoms with Crippen LogP contribution in [0.4, 0.5) is 4.79 Å². The van der Waals surface area contributed by atoms with Gasteiger partial charge in [0.1, 0.15) is 0 Å².